The van der Waals surface area contributed by atoms with Gasteiger partial charge in [-0.05, 0) is 48.5 Å². The van der Waals surface area contributed by atoms with E-state index in [2.05, 4.69) is 34.6 Å². The van der Waals surface area contributed by atoms with Gasteiger partial charge in [-0.1, -0.05) is 32.6 Å². The molecule has 1 atom stereocenters. The predicted molar refractivity (Wildman–Crippen MR) is 167 cm³/mol. The number of fused-ring (bicyclic) bond motifs is 1. The SMILES string of the molecule is CCS(=O)(=O)c1ccc(Oc2cc(C(O)c3cccnc3F)c3c(c2)nc(-c2ccccn2)n3COCC[Si](C)(C)C)cn1. The molecular weight excluding hydrogens is 602 g/mol. The largest absolute Gasteiger partial charge is 0.456 e. The third-order valence-corrected chi connectivity index (χ3v) is 10.3. The molecule has 5 rings (SSSR count). The lowest BCUT2D eigenvalue weighted by Crippen LogP contribution is -2.22. The first-order valence-corrected chi connectivity index (χ1v) is 19.5. The van der Waals surface area contributed by atoms with E-state index in [1.54, 1.807) is 37.4 Å². The van der Waals surface area contributed by atoms with E-state index in [1.165, 1.54) is 30.6 Å². The maximum Gasteiger partial charge on any atom is 0.219 e. The van der Waals surface area contributed by atoms with E-state index in [1.807, 2.05) is 16.7 Å². The number of aromatic nitrogens is 5. The molecule has 5 aromatic rings. The number of hydrogen-bond acceptors (Lipinski definition) is 9. The molecule has 0 spiro atoms. The lowest BCUT2D eigenvalue weighted by Gasteiger charge is -2.19. The van der Waals surface area contributed by atoms with Crippen molar-refractivity contribution in [2.45, 2.75) is 50.5 Å². The zero-order valence-electron chi connectivity index (χ0n) is 24.9. The molecule has 0 radical (unpaired) electrons. The number of sulfone groups is 1. The van der Waals surface area contributed by atoms with Crippen LogP contribution in [-0.4, -0.2) is 58.5 Å². The fraction of sp³-hybridized carbons (Fsp3) is 0.290. The molecule has 4 heterocycles. The number of hydrogen-bond donors (Lipinski definition) is 1. The van der Waals surface area contributed by atoms with Gasteiger partial charge in [0.05, 0.1) is 23.0 Å². The highest BCUT2D eigenvalue weighted by molar-refractivity contribution is 7.91. The second-order valence-corrected chi connectivity index (χ2v) is 19.3. The number of aliphatic hydroxyl groups excluding tert-OH is 1. The average molecular weight is 636 g/mol. The van der Waals surface area contributed by atoms with E-state index in [0.717, 1.165) is 6.04 Å². The highest BCUT2D eigenvalue weighted by Crippen LogP contribution is 2.37. The summed E-state index contributed by atoms with van der Waals surface area (Å²) in [5, 5.41) is 11.5. The van der Waals surface area contributed by atoms with E-state index in [-0.39, 0.29) is 34.6 Å². The molecule has 4 aromatic heterocycles. The maximum atomic E-state index is 14.9. The maximum absolute atomic E-state index is 14.9. The van der Waals surface area contributed by atoms with Crippen molar-refractivity contribution < 1.29 is 27.4 Å². The summed E-state index contributed by atoms with van der Waals surface area (Å²) in [6.07, 6.45) is 2.86. The van der Waals surface area contributed by atoms with Crippen LogP contribution in [0.15, 0.2) is 78.2 Å². The second kappa shape index (κ2) is 12.9. The van der Waals surface area contributed by atoms with E-state index in [4.69, 9.17) is 14.5 Å². The predicted octanol–water partition coefficient (Wildman–Crippen LogP) is 6.01. The molecule has 0 aliphatic heterocycles. The molecule has 0 saturated heterocycles. The minimum atomic E-state index is -3.49. The van der Waals surface area contributed by atoms with Crippen LogP contribution >= 0.6 is 0 Å². The van der Waals surface area contributed by atoms with Gasteiger partial charge in [-0.3, -0.25) is 9.55 Å². The topological polar surface area (TPSA) is 129 Å². The summed E-state index contributed by atoms with van der Waals surface area (Å²) in [4.78, 5) is 17.1. The minimum Gasteiger partial charge on any atom is -0.456 e. The number of imidazole rings is 1. The first-order chi connectivity index (χ1) is 21.0. The van der Waals surface area contributed by atoms with Gasteiger partial charge < -0.3 is 14.6 Å². The molecule has 0 aliphatic carbocycles. The Kier molecular flexibility index (Phi) is 9.20. The van der Waals surface area contributed by atoms with Gasteiger partial charge in [0, 0.05) is 44.3 Å². The zero-order chi connectivity index (χ0) is 31.5. The van der Waals surface area contributed by atoms with Crippen molar-refractivity contribution in [2.75, 3.05) is 12.4 Å². The van der Waals surface area contributed by atoms with Crippen LogP contribution in [0.3, 0.4) is 0 Å². The van der Waals surface area contributed by atoms with Crippen LogP contribution in [0.1, 0.15) is 24.2 Å². The molecule has 0 saturated carbocycles. The Morgan fingerprint density at radius 3 is 2.43 bits per heavy atom. The summed E-state index contributed by atoms with van der Waals surface area (Å²) in [7, 11) is -4.84. The third kappa shape index (κ3) is 7.02. The fourth-order valence-electron chi connectivity index (χ4n) is 4.56. The van der Waals surface area contributed by atoms with E-state index in [9.17, 15) is 17.9 Å². The average Bonchev–Trinajstić information content (AvgIpc) is 3.37. The van der Waals surface area contributed by atoms with Crippen molar-refractivity contribution in [3.05, 3.63) is 90.3 Å². The standard InChI is InChI=1S/C31H34FN5O5SSi/c1-5-43(39,40)27-12-11-21(19-35-27)42-22-17-24(29(38)23-9-8-14-34-30(23)32)28-26(18-22)36-31(25-10-6-7-13-33-25)37(28)20-41-15-16-44(2,3)4/h6-14,17-19,29,38H,5,15-16,20H2,1-4H3. The zero-order valence-corrected chi connectivity index (χ0v) is 26.8. The van der Waals surface area contributed by atoms with Crippen molar-refractivity contribution >= 4 is 28.9 Å². The number of rotatable bonds is 12. The van der Waals surface area contributed by atoms with Gasteiger partial charge in [-0.2, -0.15) is 4.39 Å². The van der Waals surface area contributed by atoms with E-state index in [0.29, 0.717) is 34.7 Å². The minimum absolute atomic E-state index is 0.0199. The Labute approximate surface area is 256 Å². The normalized spacial score (nSPS) is 12.9. The molecule has 1 aromatic carbocycles. The van der Waals surface area contributed by atoms with Crippen LogP contribution in [0.25, 0.3) is 22.6 Å². The molecule has 1 unspecified atom stereocenters. The van der Waals surface area contributed by atoms with Crippen LogP contribution in [0, 0.1) is 5.95 Å². The van der Waals surface area contributed by atoms with Crippen molar-refractivity contribution in [1.82, 2.24) is 24.5 Å². The van der Waals surface area contributed by atoms with Gasteiger partial charge in [0.1, 0.15) is 30.0 Å². The van der Waals surface area contributed by atoms with Gasteiger partial charge in [-0.15, -0.1) is 0 Å². The number of halogens is 1. The van der Waals surface area contributed by atoms with E-state index < -0.39 is 30.0 Å². The molecule has 230 valence electrons. The number of benzene rings is 1. The van der Waals surface area contributed by atoms with Gasteiger partial charge in [0.25, 0.3) is 0 Å². The van der Waals surface area contributed by atoms with Gasteiger partial charge >= 0.3 is 0 Å². The fourth-order valence-corrected chi connectivity index (χ4v) is 6.10. The molecule has 0 amide bonds. The first-order valence-electron chi connectivity index (χ1n) is 14.2. The molecule has 0 fully saturated rings. The summed E-state index contributed by atoms with van der Waals surface area (Å²) < 4.78 is 53.3. The molecule has 1 N–H and O–H groups in total. The number of nitrogens with zero attached hydrogens (tertiary/aromatic N) is 5. The number of aliphatic hydroxyl groups is 1. The second-order valence-electron chi connectivity index (χ2n) is 11.4. The Balaban J connectivity index is 1.64. The molecule has 0 aliphatic rings. The van der Waals surface area contributed by atoms with Crippen molar-refractivity contribution in [2.24, 2.45) is 0 Å². The van der Waals surface area contributed by atoms with Crippen LogP contribution in [0.2, 0.25) is 25.7 Å². The summed E-state index contributed by atoms with van der Waals surface area (Å²) >= 11 is 0. The molecule has 10 nitrogen and oxygen atoms in total. The van der Waals surface area contributed by atoms with Crippen LogP contribution in [0.5, 0.6) is 11.5 Å². The lowest BCUT2D eigenvalue weighted by atomic mass is 10.0. The van der Waals surface area contributed by atoms with Crippen LogP contribution in [0.4, 0.5) is 4.39 Å². The van der Waals surface area contributed by atoms with Gasteiger partial charge in [0.15, 0.2) is 20.7 Å². The first kappa shape index (κ1) is 31.4. The van der Waals surface area contributed by atoms with Crippen molar-refractivity contribution in [3.8, 4) is 23.0 Å². The smallest absolute Gasteiger partial charge is 0.219 e. The van der Waals surface area contributed by atoms with Crippen molar-refractivity contribution in [1.29, 1.82) is 0 Å². The molecule has 44 heavy (non-hydrogen) atoms. The summed E-state index contributed by atoms with van der Waals surface area (Å²) in [6, 6.07) is 15.6. The van der Waals surface area contributed by atoms with Gasteiger partial charge in [-0.25, -0.2) is 23.4 Å². The van der Waals surface area contributed by atoms with Gasteiger partial charge in [0.2, 0.25) is 5.95 Å². The molecule has 13 heteroatoms. The summed E-state index contributed by atoms with van der Waals surface area (Å²) in [6.45, 7) is 9.03. The Morgan fingerprint density at radius 1 is 0.977 bits per heavy atom. The van der Waals surface area contributed by atoms with Crippen LogP contribution < -0.4 is 4.74 Å². The third-order valence-electron chi connectivity index (χ3n) is 6.98. The quantitative estimate of drug-likeness (QED) is 0.0996. The monoisotopic (exact) mass is 635 g/mol. The van der Waals surface area contributed by atoms with Crippen molar-refractivity contribution in [3.63, 3.8) is 0 Å². The summed E-state index contributed by atoms with van der Waals surface area (Å²) in [5.74, 6) is 0.166. The lowest BCUT2D eigenvalue weighted by molar-refractivity contribution is 0.0905. The molecular formula is C31H34FN5O5SSi. The molecule has 0 bridgehead atoms. The van der Waals surface area contributed by atoms with E-state index >= 15 is 0 Å². The highest BCUT2D eigenvalue weighted by atomic mass is 32.2. The Hall–Kier alpha value is -4.04. The highest BCUT2D eigenvalue weighted by Gasteiger charge is 2.25. The number of ether oxygens (including phenoxy) is 2. The Bertz CT molecular complexity index is 1860. The summed E-state index contributed by atoms with van der Waals surface area (Å²) in [5.41, 5.74) is 1.85. The van der Waals surface area contributed by atoms with Crippen LogP contribution in [-0.2, 0) is 21.3 Å². The number of pyridine rings is 3. The Morgan fingerprint density at radius 2 is 1.77 bits per heavy atom.